The van der Waals surface area contributed by atoms with Crippen LogP contribution in [0.25, 0.3) is 0 Å². The van der Waals surface area contributed by atoms with E-state index in [0.29, 0.717) is 6.10 Å². The zero-order valence-corrected chi connectivity index (χ0v) is 13.3. The fourth-order valence-electron chi connectivity index (χ4n) is 2.59. The molecule has 108 valence electrons. The smallest absolute Gasteiger partial charge is 0.0969 e. The largest absolute Gasteiger partial charge is 0.387 e. The highest BCUT2D eigenvalue weighted by molar-refractivity contribution is 9.10. The lowest BCUT2D eigenvalue weighted by atomic mass is 10.0. The summed E-state index contributed by atoms with van der Waals surface area (Å²) in [5.74, 6) is 0. The third-order valence-electron chi connectivity index (χ3n) is 3.63. The molecule has 0 aromatic carbocycles. The van der Waals surface area contributed by atoms with E-state index in [4.69, 9.17) is 4.74 Å². The van der Waals surface area contributed by atoms with Gasteiger partial charge in [0.15, 0.2) is 0 Å². The van der Waals surface area contributed by atoms with Gasteiger partial charge >= 0.3 is 0 Å². The number of aliphatic hydroxyl groups excluding tert-OH is 1. The molecule has 0 aliphatic carbocycles. The van der Waals surface area contributed by atoms with Gasteiger partial charge in [0.05, 0.1) is 28.6 Å². The van der Waals surface area contributed by atoms with Crippen LogP contribution in [0.4, 0.5) is 0 Å². The minimum Gasteiger partial charge on any atom is -0.387 e. The van der Waals surface area contributed by atoms with Crippen LogP contribution in [0, 0.1) is 0 Å². The number of aliphatic hydroxyl groups is 1. The summed E-state index contributed by atoms with van der Waals surface area (Å²) < 4.78 is 8.48. The molecule has 1 aliphatic rings. The molecule has 0 amide bonds. The summed E-state index contributed by atoms with van der Waals surface area (Å²) in [5.41, 5.74) is 0.880. The Kier molecular flexibility index (Phi) is 5.42. The molecule has 0 saturated carbocycles. The molecule has 2 heterocycles. The van der Waals surface area contributed by atoms with Crippen LogP contribution in [-0.2, 0) is 4.74 Å². The number of aromatic nitrogens is 2. The minimum absolute atomic E-state index is 0.252. The van der Waals surface area contributed by atoms with Crippen molar-refractivity contribution in [2.45, 2.75) is 64.2 Å². The van der Waals surface area contributed by atoms with Crippen molar-refractivity contribution in [1.29, 1.82) is 0 Å². The standard InChI is InChI=1S/C14H23BrN2O2/c1-10(2)17-14(12(15)9-16-17)13(18)7-6-11-5-3-4-8-19-11/h9-11,13,18H,3-8H2,1-2H3. The fourth-order valence-corrected chi connectivity index (χ4v) is 3.13. The van der Waals surface area contributed by atoms with E-state index in [0.717, 1.165) is 36.0 Å². The van der Waals surface area contributed by atoms with E-state index in [-0.39, 0.29) is 6.04 Å². The van der Waals surface area contributed by atoms with Crippen molar-refractivity contribution in [3.63, 3.8) is 0 Å². The lowest BCUT2D eigenvalue weighted by Crippen LogP contribution is -2.20. The van der Waals surface area contributed by atoms with Gasteiger partial charge in [0.2, 0.25) is 0 Å². The first-order valence-electron chi connectivity index (χ1n) is 7.12. The van der Waals surface area contributed by atoms with E-state index in [9.17, 15) is 5.11 Å². The van der Waals surface area contributed by atoms with E-state index in [1.54, 1.807) is 6.20 Å². The van der Waals surface area contributed by atoms with Crippen LogP contribution >= 0.6 is 15.9 Å². The van der Waals surface area contributed by atoms with Crippen molar-refractivity contribution in [3.05, 3.63) is 16.4 Å². The summed E-state index contributed by atoms with van der Waals surface area (Å²) in [5, 5.41) is 14.7. The quantitative estimate of drug-likeness (QED) is 0.897. The molecule has 2 rings (SSSR count). The Morgan fingerprint density at radius 2 is 2.32 bits per heavy atom. The second kappa shape index (κ2) is 6.86. The van der Waals surface area contributed by atoms with Crippen LogP contribution in [0.5, 0.6) is 0 Å². The van der Waals surface area contributed by atoms with Crippen LogP contribution in [-0.4, -0.2) is 27.6 Å². The zero-order chi connectivity index (χ0) is 13.8. The van der Waals surface area contributed by atoms with Gasteiger partial charge in [-0.05, 0) is 61.9 Å². The molecule has 19 heavy (non-hydrogen) atoms. The van der Waals surface area contributed by atoms with Crippen LogP contribution in [0.15, 0.2) is 10.7 Å². The minimum atomic E-state index is -0.482. The molecule has 4 nitrogen and oxygen atoms in total. The summed E-state index contributed by atoms with van der Waals surface area (Å²) in [6.07, 6.45) is 6.77. The monoisotopic (exact) mass is 330 g/mol. The maximum absolute atomic E-state index is 10.4. The summed E-state index contributed by atoms with van der Waals surface area (Å²) in [4.78, 5) is 0. The lowest BCUT2D eigenvalue weighted by molar-refractivity contribution is 0.00142. The van der Waals surface area contributed by atoms with Crippen molar-refractivity contribution in [2.75, 3.05) is 6.61 Å². The average Bonchev–Trinajstić information content (AvgIpc) is 2.79. The summed E-state index contributed by atoms with van der Waals surface area (Å²) in [6, 6.07) is 0.252. The predicted molar refractivity (Wildman–Crippen MR) is 78.1 cm³/mol. The van der Waals surface area contributed by atoms with Crippen molar-refractivity contribution in [2.24, 2.45) is 0 Å². The van der Waals surface area contributed by atoms with Crippen LogP contribution < -0.4 is 0 Å². The Bertz CT molecular complexity index is 400. The number of halogens is 1. The predicted octanol–water partition coefficient (Wildman–Crippen LogP) is 3.61. The van der Waals surface area contributed by atoms with Gasteiger partial charge in [-0.3, -0.25) is 4.68 Å². The second-order valence-electron chi connectivity index (χ2n) is 5.50. The topological polar surface area (TPSA) is 47.3 Å². The third kappa shape index (κ3) is 3.80. The first kappa shape index (κ1) is 15.0. The molecular weight excluding hydrogens is 308 g/mol. The highest BCUT2D eigenvalue weighted by Crippen LogP contribution is 2.30. The van der Waals surface area contributed by atoms with Gasteiger partial charge in [-0.2, -0.15) is 5.10 Å². The summed E-state index contributed by atoms with van der Waals surface area (Å²) in [6.45, 7) is 5.01. The molecule has 0 spiro atoms. The Morgan fingerprint density at radius 1 is 1.53 bits per heavy atom. The fraction of sp³-hybridized carbons (Fsp3) is 0.786. The average molecular weight is 331 g/mol. The molecule has 2 atom stereocenters. The number of nitrogens with zero attached hydrogens (tertiary/aromatic N) is 2. The maximum atomic E-state index is 10.4. The van der Waals surface area contributed by atoms with Crippen LogP contribution in [0.3, 0.4) is 0 Å². The summed E-state index contributed by atoms with van der Waals surface area (Å²) in [7, 11) is 0. The van der Waals surface area contributed by atoms with Gasteiger partial charge < -0.3 is 9.84 Å². The van der Waals surface area contributed by atoms with Gasteiger partial charge in [-0.25, -0.2) is 0 Å². The molecule has 1 aromatic rings. The van der Waals surface area contributed by atoms with Crippen molar-refractivity contribution >= 4 is 15.9 Å². The molecule has 1 aliphatic heterocycles. The first-order chi connectivity index (χ1) is 9.09. The number of ether oxygens (including phenoxy) is 1. The molecule has 2 unspecified atom stereocenters. The molecule has 1 saturated heterocycles. The van der Waals surface area contributed by atoms with Crippen molar-refractivity contribution in [3.8, 4) is 0 Å². The SMILES string of the molecule is CC(C)n1ncc(Br)c1C(O)CCC1CCCCO1. The molecule has 1 aromatic heterocycles. The van der Waals surface area contributed by atoms with Gasteiger partial charge in [0, 0.05) is 12.6 Å². The Hall–Kier alpha value is -0.390. The number of hydrogen-bond donors (Lipinski definition) is 1. The molecule has 1 N–H and O–H groups in total. The number of rotatable bonds is 5. The maximum Gasteiger partial charge on any atom is 0.0969 e. The highest BCUT2D eigenvalue weighted by Gasteiger charge is 2.21. The zero-order valence-electron chi connectivity index (χ0n) is 11.7. The molecule has 5 heteroatoms. The molecule has 0 bridgehead atoms. The van der Waals surface area contributed by atoms with E-state index in [1.165, 1.54) is 12.8 Å². The molecular formula is C14H23BrN2O2. The molecule has 0 radical (unpaired) electrons. The Labute approximate surface area is 123 Å². The summed E-state index contributed by atoms with van der Waals surface area (Å²) >= 11 is 3.48. The van der Waals surface area contributed by atoms with Crippen molar-refractivity contribution in [1.82, 2.24) is 9.78 Å². The van der Waals surface area contributed by atoms with Gasteiger partial charge in [-0.1, -0.05) is 0 Å². The second-order valence-corrected chi connectivity index (χ2v) is 6.35. The van der Waals surface area contributed by atoms with Gasteiger partial charge in [0.1, 0.15) is 0 Å². The molecule has 1 fully saturated rings. The Balaban J connectivity index is 1.95. The van der Waals surface area contributed by atoms with E-state index >= 15 is 0 Å². The van der Waals surface area contributed by atoms with Gasteiger partial charge in [0.25, 0.3) is 0 Å². The van der Waals surface area contributed by atoms with E-state index < -0.39 is 6.10 Å². The van der Waals surface area contributed by atoms with Crippen LogP contribution in [0.2, 0.25) is 0 Å². The third-order valence-corrected chi connectivity index (χ3v) is 4.24. The highest BCUT2D eigenvalue weighted by atomic mass is 79.9. The normalized spacial score (nSPS) is 21.8. The lowest BCUT2D eigenvalue weighted by Gasteiger charge is -2.24. The van der Waals surface area contributed by atoms with Gasteiger partial charge in [-0.15, -0.1) is 0 Å². The van der Waals surface area contributed by atoms with E-state index in [1.807, 2.05) is 4.68 Å². The Morgan fingerprint density at radius 3 is 2.95 bits per heavy atom. The van der Waals surface area contributed by atoms with Crippen LogP contribution in [0.1, 0.15) is 63.8 Å². The first-order valence-corrected chi connectivity index (χ1v) is 7.91. The number of hydrogen-bond acceptors (Lipinski definition) is 3. The van der Waals surface area contributed by atoms with E-state index in [2.05, 4.69) is 34.9 Å². The van der Waals surface area contributed by atoms with Crippen molar-refractivity contribution < 1.29 is 9.84 Å².